The van der Waals surface area contributed by atoms with Crippen LogP contribution >= 0.6 is 0 Å². The number of aliphatic hydroxyl groups is 2. The molecule has 0 aromatic carbocycles. The summed E-state index contributed by atoms with van der Waals surface area (Å²) in [5.41, 5.74) is 0. The summed E-state index contributed by atoms with van der Waals surface area (Å²) in [5, 5.41) is 16.1. The third-order valence-corrected chi connectivity index (χ3v) is 1.02. The standard InChI is InChI=1S/2C4H10O.C2H5.2CH2O.10CH4.2CH3.U.W/c2*1-2-3-4-5;3*1-2;;;;;;;;;;;;;;/h2*5H,2-4H2,1H3;1H2,2H3;2*1H2;10*1H4;2*1H3;;/q;;-1;;;;;;;;;;;;;2*-1;;+2. The number of hydrogen-bond donors (Lipinski definition) is 2. The molecule has 30 heavy (non-hydrogen) atoms. The van der Waals surface area contributed by atoms with Crippen molar-refractivity contribution in [2.45, 2.75) is 121 Å². The number of unbranched alkanes of at least 4 members (excludes halogenated alkanes) is 2. The van der Waals surface area contributed by atoms with Crippen LogP contribution in [0.5, 0.6) is 0 Å². The average molecular weight is 850 g/mol. The molecule has 0 aliphatic carbocycles. The van der Waals surface area contributed by atoms with Crippen LogP contribution in [0.1, 0.15) is 121 Å². The van der Waals surface area contributed by atoms with E-state index >= 15 is 0 Å². The van der Waals surface area contributed by atoms with Gasteiger partial charge >= 0.3 is 21.1 Å². The summed E-state index contributed by atoms with van der Waals surface area (Å²) in [4.78, 5) is 16.0. The first-order valence-electron chi connectivity index (χ1n) is 5.33. The van der Waals surface area contributed by atoms with Crippen LogP contribution in [-0.2, 0) is 30.7 Å². The molecular weight excluding hydrogens is 774 g/mol. The fourth-order valence-corrected chi connectivity index (χ4v) is 0.316. The molecule has 206 valence electrons. The van der Waals surface area contributed by atoms with Crippen molar-refractivity contribution in [3.8, 4) is 0 Å². The third-order valence-electron chi connectivity index (χ3n) is 1.02. The van der Waals surface area contributed by atoms with Crippen LogP contribution in [0, 0.1) is 52.9 Å². The van der Waals surface area contributed by atoms with Gasteiger partial charge in [-0.15, -0.1) is 0 Å². The first kappa shape index (κ1) is 194. The Balaban J connectivity index is -0.00000000276. The monoisotopic (exact) mass is 850 g/mol. The van der Waals surface area contributed by atoms with Gasteiger partial charge in [-0.1, -0.05) is 101 Å². The zero-order valence-corrected chi connectivity index (χ0v) is 21.1. The SMILES string of the molecule is C.C.C.C.C.C.C.C.C.C.C=O.C=O.CCCCO.CCCCO.[CH2-]C.[CH3-].[CH3-].[U].[W+2]. The van der Waals surface area contributed by atoms with Crippen molar-refractivity contribution in [2.75, 3.05) is 13.2 Å². The Labute approximate surface area is 239 Å². The summed E-state index contributed by atoms with van der Waals surface area (Å²) in [7, 11) is 0. The number of aliphatic hydroxyl groups excluding tert-OH is 2. The molecule has 0 radical (unpaired) electrons. The first-order valence-corrected chi connectivity index (χ1v) is 5.33. The van der Waals surface area contributed by atoms with Crippen LogP contribution in [0.4, 0.5) is 0 Å². The maximum atomic E-state index is 8.07. The van der Waals surface area contributed by atoms with Crippen LogP contribution < -0.4 is 0 Å². The van der Waals surface area contributed by atoms with E-state index in [2.05, 4.69) is 20.8 Å². The molecule has 0 bridgehead atoms. The summed E-state index contributed by atoms with van der Waals surface area (Å²) >= 11 is 0. The van der Waals surface area contributed by atoms with Crippen molar-refractivity contribution < 1.29 is 72.0 Å². The fraction of sp³-hybridized carbons (Fsp3) is 0.792. The predicted molar refractivity (Wildman–Crippen MR) is 149 cm³/mol. The Morgan fingerprint density at radius 1 is 0.567 bits per heavy atom. The Bertz CT molecular complexity index is 65.2. The van der Waals surface area contributed by atoms with Crippen molar-refractivity contribution in [1.82, 2.24) is 0 Å². The summed E-state index contributed by atoms with van der Waals surface area (Å²) in [6, 6.07) is 0. The molecular formula is C24H75O4UW-. The van der Waals surface area contributed by atoms with Gasteiger partial charge in [-0.25, -0.2) is 0 Å². The van der Waals surface area contributed by atoms with Gasteiger partial charge in [0.1, 0.15) is 13.6 Å². The van der Waals surface area contributed by atoms with E-state index in [1.807, 2.05) is 13.6 Å². The Morgan fingerprint density at radius 2 is 0.667 bits per heavy atom. The zero-order chi connectivity index (χ0) is 14.2. The van der Waals surface area contributed by atoms with Crippen molar-refractivity contribution in [3.05, 3.63) is 21.8 Å². The third kappa shape index (κ3) is 909. The van der Waals surface area contributed by atoms with E-state index < -0.39 is 0 Å². The quantitative estimate of drug-likeness (QED) is 0.277. The molecule has 0 spiro atoms. The molecule has 0 fully saturated rings. The van der Waals surface area contributed by atoms with Gasteiger partial charge in [0.05, 0.1) is 0 Å². The van der Waals surface area contributed by atoms with Crippen LogP contribution in [-0.4, -0.2) is 37.0 Å². The van der Waals surface area contributed by atoms with Crippen LogP contribution in [0.25, 0.3) is 0 Å². The number of rotatable bonds is 4. The Kier molecular flexibility index (Phi) is 3330. The van der Waals surface area contributed by atoms with Crippen LogP contribution in [0.3, 0.4) is 0 Å². The molecule has 0 amide bonds. The van der Waals surface area contributed by atoms with E-state index in [0.29, 0.717) is 13.2 Å². The summed E-state index contributed by atoms with van der Waals surface area (Å²) in [5.74, 6) is 0. The molecule has 2 N–H and O–H groups in total. The van der Waals surface area contributed by atoms with Crippen LogP contribution in [0.15, 0.2) is 0 Å². The van der Waals surface area contributed by atoms with E-state index in [9.17, 15) is 0 Å². The fourth-order valence-electron chi connectivity index (χ4n) is 0.316. The van der Waals surface area contributed by atoms with E-state index in [4.69, 9.17) is 19.8 Å². The second-order valence-corrected chi connectivity index (χ2v) is 2.15. The molecule has 0 aromatic rings. The van der Waals surface area contributed by atoms with E-state index in [0.717, 1.165) is 25.7 Å². The molecule has 0 aliphatic rings. The second-order valence-electron chi connectivity index (χ2n) is 2.15. The van der Waals surface area contributed by atoms with Gasteiger partial charge in [0.25, 0.3) is 0 Å². The Hall–Kier alpha value is 1.00. The molecule has 4 nitrogen and oxygen atoms in total. The molecule has 0 heterocycles. The number of hydrogen-bond acceptors (Lipinski definition) is 4. The minimum atomic E-state index is 0. The van der Waals surface area contributed by atoms with Gasteiger partial charge in [-0.2, -0.15) is 6.92 Å². The normalized spacial score (nSPS) is 3.27. The van der Waals surface area contributed by atoms with Gasteiger partial charge in [0.2, 0.25) is 0 Å². The van der Waals surface area contributed by atoms with Crippen LogP contribution in [0.2, 0.25) is 0 Å². The van der Waals surface area contributed by atoms with Crippen molar-refractivity contribution in [2.24, 2.45) is 0 Å². The van der Waals surface area contributed by atoms with Crippen molar-refractivity contribution in [3.63, 3.8) is 0 Å². The molecule has 0 aromatic heterocycles. The maximum absolute atomic E-state index is 8.07. The second kappa shape index (κ2) is 515. The van der Waals surface area contributed by atoms with E-state index in [1.54, 1.807) is 6.92 Å². The van der Waals surface area contributed by atoms with Gasteiger partial charge in [0.15, 0.2) is 0 Å². The molecule has 0 atom stereocenters. The largest absolute Gasteiger partial charge is 2.00 e. The molecule has 0 saturated carbocycles. The summed E-state index contributed by atoms with van der Waals surface area (Å²) in [6.07, 6.45) is 4.08. The van der Waals surface area contributed by atoms with Gasteiger partial charge in [-0.05, 0) is 12.8 Å². The summed E-state index contributed by atoms with van der Waals surface area (Å²) in [6.45, 7) is 13.8. The molecule has 0 aliphatic heterocycles. The smallest absolute Gasteiger partial charge is 0.396 e. The van der Waals surface area contributed by atoms with Gasteiger partial charge < -0.3 is 41.6 Å². The number of carbonyl (C=O) groups is 2. The van der Waals surface area contributed by atoms with Crippen molar-refractivity contribution >= 4 is 13.6 Å². The maximum Gasteiger partial charge on any atom is 2.00 e. The first-order chi connectivity index (χ1) is 7.83. The molecule has 6 heteroatoms. The minimum absolute atomic E-state index is 0. The van der Waals surface area contributed by atoms with E-state index in [-0.39, 0.29) is 141 Å². The number of carbonyl (C=O) groups excluding carboxylic acids is 2. The van der Waals surface area contributed by atoms with Crippen molar-refractivity contribution in [1.29, 1.82) is 0 Å². The average Bonchev–Trinajstić information content (AvgIpc) is 2.39. The minimum Gasteiger partial charge on any atom is -0.396 e. The predicted octanol–water partition coefficient (Wildman–Crippen LogP) is 9.29. The zero-order valence-electron chi connectivity index (χ0n) is 14.0. The summed E-state index contributed by atoms with van der Waals surface area (Å²) < 4.78 is 0. The topological polar surface area (TPSA) is 74.6 Å². The van der Waals surface area contributed by atoms with Gasteiger partial charge in [-0.3, -0.25) is 0 Å². The molecule has 0 rings (SSSR count). The molecule has 0 saturated heterocycles. The van der Waals surface area contributed by atoms with E-state index in [1.165, 1.54) is 0 Å². The van der Waals surface area contributed by atoms with Gasteiger partial charge in [0, 0.05) is 44.3 Å². The Morgan fingerprint density at radius 3 is 0.667 bits per heavy atom. The molecule has 0 unspecified atom stereocenters.